The highest BCUT2D eigenvalue weighted by atomic mass is 16.4. The van der Waals surface area contributed by atoms with Crippen molar-refractivity contribution in [2.45, 2.75) is 71.5 Å². The van der Waals surface area contributed by atoms with Crippen molar-refractivity contribution in [3.05, 3.63) is 17.0 Å². The van der Waals surface area contributed by atoms with E-state index in [4.69, 9.17) is 0 Å². The van der Waals surface area contributed by atoms with Gasteiger partial charge in [0.25, 0.3) is 0 Å². The lowest BCUT2D eigenvalue weighted by atomic mass is 9.95. The highest BCUT2D eigenvalue weighted by Crippen LogP contribution is 2.25. The number of carboxylic acids is 1. The molecule has 1 aliphatic carbocycles. The minimum absolute atomic E-state index is 0.395. The van der Waals surface area contributed by atoms with Crippen LogP contribution in [-0.2, 0) is 11.3 Å². The van der Waals surface area contributed by atoms with Crippen LogP contribution in [0.25, 0.3) is 0 Å². The predicted octanol–water partition coefficient (Wildman–Crippen LogP) is 2.18. The van der Waals surface area contributed by atoms with Gasteiger partial charge in [-0.25, -0.2) is 0 Å². The van der Waals surface area contributed by atoms with Gasteiger partial charge in [0, 0.05) is 18.3 Å². The number of aliphatic carboxylic acids is 1. The summed E-state index contributed by atoms with van der Waals surface area (Å²) in [7, 11) is 0. The fraction of sp³-hybridized carbons (Fsp3) is 0.733. The second kappa shape index (κ2) is 5.56. The summed E-state index contributed by atoms with van der Waals surface area (Å²) in [4.78, 5) is 11.5. The van der Waals surface area contributed by atoms with Crippen LogP contribution in [0, 0.1) is 20.8 Å². The molecule has 1 aliphatic rings. The molecular formula is C15H25N3O2. The summed E-state index contributed by atoms with van der Waals surface area (Å²) >= 11 is 0. The molecule has 112 valence electrons. The van der Waals surface area contributed by atoms with E-state index < -0.39 is 11.5 Å². The molecule has 1 atom stereocenters. The van der Waals surface area contributed by atoms with E-state index in [0.29, 0.717) is 12.5 Å². The Bertz CT molecular complexity index is 505. The van der Waals surface area contributed by atoms with Gasteiger partial charge in [-0.2, -0.15) is 5.10 Å². The molecule has 0 aliphatic heterocycles. The zero-order valence-electron chi connectivity index (χ0n) is 12.9. The molecule has 0 radical (unpaired) electrons. The summed E-state index contributed by atoms with van der Waals surface area (Å²) in [6.45, 7) is 8.71. The lowest BCUT2D eigenvalue weighted by molar-refractivity contribution is -0.144. The van der Waals surface area contributed by atoms with E-state index in [2.05, 4.69) is 24.3 Å². The maximum absolute atomic E-state index is 11.5. The molecule has 2 N–H and O–H groups in total. The Labute approximate surface area is 120 Å². The van der Waals surface area contributed by atoms with Crippen molar-refractivity contribution in [2.24, 2.45) is 0 Å². The van der Waals surface area contributed by atoms with E-state index in [1.54, 1.807) is 6.92 Å². The molecule has 1 fully saturated rings. The first-order chi connectivity index (χ1) is 9.33. The lowest BCUT2D eigenvalue weighted by Gasteiger charge is -2.26. The van der Waals surface area contributed by atoms with Crippen molar-refractivity contribution in [1.82, 2.24) is 15.1 Å². The Balaban J connectivity index is 1.92. The van der Waals surface area contributed by atoms with Gasteiger partial charge in [0.05, 0.1) is 5.69 Å². The first-order valence-corrected chi connectivity index (χ1v) is 7.35. The quantitative estimate of drug-likeness (QED) is 0.803. The third-order valence-electron chi connectivity index (χ3n) is 4.36. The van der Waals surface area contributed by atoms with Gasteiger partial charge in [-0.05, 0) is 58.9 Å². The minimum atomic E-state index is -0.813. The number of nitrogens with one attached hydrogen (secondary N) is 1. The van der Waals surface area contributed by atoms with Crippen molar-refractivity contribution < 1.29 is 9.90 Å². The van der Waals surface area contributed by atoms with Gasteiger partial charge < -0.3 is 5.11 Å². The normalized spacial score (nSPS) is 18.0. The average molecular weight is 279 g/mol. The Morgan fingerprint density at radius 1 is 1.45 bits per heavy atom. The number of nitrogens with zero attached hydrogens (tertiary/aromatic N) is 2. The molecule has 1 unspecified atom stereocenters. The van der Waals surface area contributed by atoms with Crippen LogP contribution in [0.5, 0.6) is 0 Å². The Morgan fingerprint density at radius 3 is 2.55 bits per heavy atom. The molecule has 0 aromatic carbocycles. The van der Waals surface area contributed by atoms with Crippen molar-refractivity contribution in [1.29, 1.82) is 0 Å². The molecule has 5 nitrogen and oxygen atoms in total. The summed E-state index contributed by atoms with van der Waals surface area (Å²) in [6, 6.07) is 0.395. The van der Waals surface area contributed by atoms with Crippen molar-refractivity contribution in [2.75, 3.05) is 0 Å². The molecule has 1 aromatic heterocycles. The Kier molecular flexibility index (Phi) is 4.18. The smallest absolute Gasteiger partial charge is 0.323 e. The molecule has 0 saturated heterocycles. The average Bonchev–Trinajstić information content (AvgIpc) is 3.15. The number of carbonyl (C=O) groups is 1. The summed E-state index contributed by atoms with van der Waals surface area (Å²) in [6.07, 6.45) is 3.62. The van der Waals surface area contributed by atoms with E-state index in [9.17, 15) is 9.90 Å². The monoisotopic (exact) mass is 279 g/mol. The van der Waals surface area contributed by atoms with E-state index in [-0.39, 0.29) is 0 Å². The minimum Gasteiger partial charge on any atom is -0.480 e. The highest BCUT2D eigenvalue weighted by Gasteiger charge is 2.37. The first kappa shape index (κ1) is 15.0. The van der Waals surface area contributed by atoms with Gasteiger partial charge in [0.1, 0.15) is 5.54 Å². The van der Waals surface area contributed by atoms with E-state index in [0.717, 1.165) is 31.5 Å². The van der Waals surface area contributed by atoms with Gasteiger partial charge in [0.2, 0.25) is 0 Å². The Hall–Kier alpha value is -1.36. The van der Waals surface area contributed by atoms with Crippen molar-refractivity contribution in [3.8, 4) is 0 Å². The highest BCUT2D eigenvalue weighted by molar-refractivity contribution is 5.78. The van der Waals surface area contributed by atoms with Crippen LogP contribution >= 0.6 is 0 Å². The van der Waals surface area contributed by atoms with Crippen LogP contribution in [0.4, 0.5) is 0 Å². The molecule has 0 spiro atoms. The number of aromatic nitrogens is 2. The first-order valence-electron chi connectivity index (χ1n) is 7.35. The standard InChI is InChI=1S/C15H25N3O2/c1-10-11(2)17-18(12(10)3)9-5-8-15(4,14(19)20)16-13-6-7-13/h13,16H,5-9H2,1-4H3,(H,19,20). The molecule has 1 aromatic rings. The molecule has 20 heavy (non-hydrogen) atoms. The lowest BCUT2D eigenvalue weighted by Crippen LogP contribution is -2.50. The van der Waals surface area contributed by atoms with Gasteiger partial charge in [0.15, 0.2) is 0 Å². The third kappa shape index (κ3) is 3.20. The summed E-state index contributed by atoms with van der Waals surface area (Å²) < 4.78 is 1.99. The Morgan fingerprint density at radius 2 is 2.10 bits per heavy atom. The van der Waals surface area contributed by atoms with Crippen LogP contribution in [0.2, 0.25) is 0 Å². The van der Waals surface area contributed by atoms with Crippen LogP contribution in [-0.4, -0.2) is 32.4 Å². The van der Waals surface area contributed by atoms with Gasteiger partial charge in [-0.1, -0.05) is 0 Å². The molecule has 5 heteroatoms. The number of hydrogen-bond acceptors (Lipinski definition) is 3. The van der Waals surface area contributed by atoms with Gasteiger partial charge >= 0.3 is 5.97 Å². The zero-order valence-corrected chi connectivity index (χ0v) is 12.9. The maximum atomic E-state index is 11.5. The zero-order chi connectivity index (χ0) is 14.9. The number of rotatable bonds is 7. The largest absolute Gasteiger partial charge is 0.480 e. The molecule has 0 amide bonds. The van der Waals surface area contributed by atoms with Crippen LogP contribution in [0.15, 0.2) is 0 Å². The summed E-state index contributed by atoms with van der Waals surface area (Å²) in [5.41, 5.74) is 2.64. The summed E-state index contributed by atoms with van der Waals surface area (Å²) in [5, 5.41) is 17.2. The molecule has 1 heterocycles. The van der Waals surface area contributed by atoms with Crippen molar-refractivity contribution in [3.63, 3.8) is 0 Å². The van der Waals surface area contributed by atoms with E-state index in [1.807, 2.05) is 11.6 Å². The SMILES string of the molecule is Cc1nn(CCCC(C)(NC2CC2)C(=O)O)c(C)c1C. The molecule has 2 rings (SSSR count). The fourth-order valence-corrected chi connectivity index (χ4v) is 2.51. The third-order valence-corrected chi connectivity index (χ3v) is 4.36. The summed E-state index contributed by atoms with van der Waals surface area (Å²) in [5.74, 6) is -0.756. The molecule has 0 bridgehead atoms. The fourth-order valence-electron chi connectivity index (χ4n) is 2.51. The second-order valence-corrected chi connectivity index (χ2v) is 6.18. The maximum Gasteiger partial charge on any atom is 0.323 e. The number of aryl methyl sites for hydroxylation is 2. The van der Waals surface area contributed by atoms with Crippen LogP contribution in [0.1, 0.15) is 49.6 Å². The molecule has 1 saturated carbocycles. The number of hydrogen-bond donors (Lipinski definition) is 2. The predicted molar refractivity (Wildman–Crippen MR) is 77.9 cm³/mol. The van der Waals surface area contributed by atoms with Crippen LogP contribution < -0.4 is 5.32 Å². The van der Waals surface area contributed by atoms with Gasteiger partial charge in [-0.3, -0.25) is 14.8 Å². The van der Waals surface area contributed by atoms with E-state index >= 15 is 0 Å². The second-order valence-electron chi connectivity index (χ2n) is 6.18. The van der Waals surface area contributed by atoms with E-state index in [1.165, 1.54) is 11.3 Å². The topological polar surface area (TPSA) is 67.2 Å². The molecular weight excluding hydrogens is 254 g/mol. The van der Waals surface area contributed by atoms with Crippen LogP contribution in [0.3, 0.4) is 0 Å². The number of carboxylic acid groups (broad SMARTS) is 1. The van der Waals surface area contributed by atoms with Gasteiger partial charge in [-0.15, -0.1) is 0 Å². The van der Waals surface area contributed by atoms with Crippen molar-refractivity contribution >= 4 is 5.97 Å².